The highest BCUT2D eigenvalue weighted by molar-refractivity contribution is 7.92. The van der Waals surface area contributed by atoms with Gasteiger partial charge in [0.05, 0.1) is 21.8 Å². The molecule has 1 aliphatic rings. The molecule has 144 valence electrons. The lowest BCUT2D eigenvalue weighted by atomic mass is 10.1. The summed E-state index contributed by atoms with van der Waals surface area (Å²) in [5.74, 6) is -1.14. The van der Waals surface area contributed by atoms with E-state index in [1.54, 1.807) is 35.1 Å². The maximum Gasteiger partial charge on any atom is 0.335 e. The molecule has 2 N–H and O–H groups in total. The van der Waals surface area contributed by atoms with E-state index in [1.165, 1.54) is 6.07 Å². The number of carboxylic acids is 1. The molecule has 0 bridgehead atoms. The number of carbonyl (C=O) groups is 1. The van der Waals surface area contributed by atoms with Crippen LogP contribution < -0.4 is 4.72 Å². The average molecular weight is 397 g/mol. The van der Waals surface area contributed by atoms with Gasteiger partial charge in [0.15, 0.2) is 0 Å². The zero-order valence-electron chi connectivity index (χ0n) is 15.2. The summed E-state index contributed by atoms with van der Waals surface area (Å²) >= 11 is 0. The quantitative estimate of drug-likeness (QED) is 0.689. The summed E-state index contributed by atoms with van der Waals surface area (Å²) in [7, 11) is -3.93. The predicted molar refractivity (Wildman–Crippen MR) is 105 cm³/mol. The van der Waals surface area contributed by atoms with Gasteiger partial charge in [0.2, 0.25) is 0 Å². The number of aromatic carboxylic acids is 1. The monoisotopic (exact) mass is 397 g/mol. The number of rotatable bonds is 5. The van der Waals surface area contributed by atoms with Crippen LogP contribution in [0.3, 0.4) is 0 Å². The summed E-state index contributed by atoms with van der Waals surface area (Å²) in [6.07, 6.45) is 3.80. The van der Waals surface area contributed by atoms with Gasteiger partial charge in [-0.1, -0.05) is 6.07 Å². The van der Waals surface area contributed by atoms with Gasteiger partial charge >= 0.3 is 5.97 Å². The van der Waals surface area contributed by atoms with Crippen molar-refractivity contribution in [2.75, 3.05) is 4.72 Å². The van der Waals surface area contributed by atoms with Crippen LogP contribution in [0.5, 0.6) is 0 Å². The van der Waals surface area contributed by atoms with Crippen LogP contribution in [0.4, 0.5) is 5.69 Å². The van der Waals surface area contributed by atoms with Crippen molar-refractivity contribution in [2.24, 2.45) is 0 Å². The Labute approximate surface area is 162 Å². The van der Waals surface area contributed by atoms with E-state index in [0.29, 0.717) is 24.1 Å². The lowest BCUT2D eigenvalue weighted by Crippen LogP contribution is -2.16. The van der Waals surface area contributed by atoms with Gasteiger partial charge in [0, 0.05) is 11.9 Å². The lowest BCUT2D eigenvalue weighted by molar-refractivity contribution is 0.0696. The molecule has 0 spiro atoms. The molecule has 0 radical (unpaired) electrons. The zero-order chi connectivity index (χ0) is 19.9. The summed E-state index contributed by atoms with van der Waals surface area (Å²) in [6.45, 7) is 1.91. The fraction of sp³-hybridized carbons (Fsp3) is 0.200. The van der Waals surface area contributed by atoms with E-state index < -0.39 is 16.0 Å². The molecule has 8 heteroatoms. The highest BCUT2D eigenvalue weighted by Gasteiger charge is 2.26. The molecule has 0 unspecified atom stereocenters. The minimum Gasteiger partial charge on any atom is -0.478 e. The third-order valence-corrected chi connectivity index (χ3v) is 6.33. The maximum absolute atomic E-state index is 13.1. The number of hydrogen-bond acceptors (Lipinski definition) is 4. The van der Waals surface area contributed by atoms with Crippen LogP contribution in [0.25, 0.3) is 5.69 Å². The molecule has 3 aromatic rings. The summed E-state index contributed by atoms with van der Waals surface area (Å²) in [5.41, 5.74) is 3.53. The number of aryl methyl sites for hydroxylation is 2. The van der Waals surface area contributed by atoms with Crippen molar-refractivity contribution in [3.8, 4) is 5.69 Å². The number of nitrogens with zero attached hydrogens (tertiary/aromatic N) is 2. The first kappa shape index (κ1) is 18.2. The molecule has 0 fully saturated rings. The Kier molecular flexibility index (Phi) is 4.43. The Morgan fingerprint density at radius 2 is 2.00 bits per heavy atom. The molecular weight excluding hydrogens is 378 g/mol. The summed E-state index contributed by atoms with van der Waals surface area (Å²) in [6, 6.07) is 11.6. The van der Waals surface area contributed by atoms with Crippen LogP contribution in [0, 0.1) is 6.92 Å². The van der Waals surface area contributed by atoms with E-state index in [2.05, 4.69) is 9.82 Å². The third kappa shape index (κ3) is 3.27. The van der Waals surface area contributed by atoms with Gasteiger partial charge in [-0.25, -0.2) is 17.9 Å². The Balaban J connectivity index is 1.73. The molecule has 0 saturated carbocycles. The molecule has 0 amide bonds. The summed E-state index contributed by atoms with van der Waals surface area (Å²) < 4.78 is 30.4. The predicted octanol–water partition coefficient (Wildman–Crippen LogP) is 3.17. The van der Waals surface area contributed by atoms with Crippen LogP contribution in [0.1, 0.15) is 33.6 Å². The van der Waals surface area contributed by atoms with Crippen molar-refractivity contribution in [3.63, 3.8) is 0 Å². The first-order valence-corrected chi connectivity index (χ1v) is 10.4. The number of hydrogen-bond donors (Lipinski definition) is 2. The number of aromatic nitrogens is 2. The number of anilines is 1. The van der Waals surface area contributed by atoms with Crippen LogP contribution >= 0.6 is 0 Å². The van der Waals surface area contributed by atoms with Gasteiger partial charge in [-0.05, 0) is 73.7 Å². The zero-order valence-corrected chi connectivity index (χ0v) is 16.0. The highest BCUT2D eigenvalue weighted by atomic mass is 32.2. The Morgan fingerprint density at radius 1 is 1.18 bits per heavy atom. The number of nitrogens with one attached hydrogen (secondary N) is 1. The van der Waals surface area contributed by atoms with Gasteiger partial charge in [-0.3, -0.25) is 4.72 Å². The van der Waals surface area contributed by atoms with Gasteiger partial charge in [-0.2, -0.15) is 5.10 Å². The number of carboxylic acid groups (broad SMARTS) is 1. The second-order valence-electron chi connectivity index (χ2n) is 6.81. The van der Waals surface area contributed by atoms with E-state index in [9.17, 15) is 18.3 Å². The second kappa shape index (κ2) is 6.79. The van der Waals surface area contributed by atoms with Crippen LogP contribution in [0.15, 0.2) is 53.6 Å². The maximum atomic E-state index is 13.1. The minimum absolute atomic E-state index is 0.0121. The Bertz CT molecular complexity index is 1180. The van der Waals surface area contributed by atoms with Crippen LogP contribution in [-0.2, 0) is 22.9 Å². The molecule has 0 atom stereocenters. The molecule has 28 heavy (non-hydrogen) atoms. The molecular formula is C20H19N3O4S. The van der Waals surface area contributed by atoms with E-state index in [0.717, 1.165) is 23.4 Å². The fourth-order valence-electron chi connectivity index (χ4n) is 3.58. The largest absolute Gasteiger partial charge is 0.478 e. The minimum atomic E-state index is -3.93. The van der Waals surface area contributed by atoms with Gasteiger partial charge in [0.25, 0.3) is 10.0 Å². The SMILES string of the molecule is Cc1ccnn1-c1cccc(NS(=O)(=O)c2cc(C(=O)O)cc3c2CCC3)c1. The average Bonchev–Trinajstić information content (AvgIpc) is 3.29. The fourth-order valence-corrected chi connectivity index (χ4v) is 4.97. The van der Waals surface area contributed by atoms with Crippen molar-refractivity contribution in [1.29, 1.82) is 0 Å². The van der Waals surface area contributed by atoms with E-state index >= 15 is 0 Å². The molecule has 4 rings (SSSR count). The van der Waals surface area contributed by atoms with Crippen LogP contribution in [0.2, 0.25) is 0 Å². The molecule has 7 nitrogen and oxygen atoms in total. The van der Waals surface area contributed by atoms with Crippen molar-refractivity contribution < 1.29 is 18.3 Å². The Hall–Kier alpha value is -3.13. The van der Waals surface area contributed by atoms with Gasteiger partial charge in [0.1, 0.15) is 0 Å². The molecule has 2 aromatic carbocycles. The molecule has 0 saturated heterocycles. The first-order valence-electron chi connectivity index (χ1n) is 8.88. The van der Waals surface area contributed by atoms with Crippen LogP contribution in [-0.4, -0.2) is 29.3 Å². The van der Waals surface area contributed by atoms with Crippen molar-refractivity contribution >= 4 is 21.7 Å². The number of benzene rings is 2. The summed E-state index contributed by atoms with van der Waals surface area (Å²) in [4.78, 5) is 11.5. The van der Waals surface area contributed by atoms with Gasteiger partial charge in [-0.15, -0.1) is 0 Å². The van der Waals surface area contributed by atoms with E-state index in [4.69, 9.17) is 0 Å². The second-order valence-corrected chi connectivity index (χ2v) is 8.46. The molecule has 1 heterocycles. The van der Waals surface area contributed by atoms with E-state index in [-0.39, 0.29) is 10.5 Å². The molecule has 1 aromatic heterocycles. The van der Waals surface area contributed by atoms with Crippen molar-refractivity contribution in [2.45, 2.75) is 31.1 Å². The summed E-state index contributed by atoms with van der Waals surface area (Å²) in [5, 5.41) is 13.6. The van der Waals surface area contributed by atoms with Crippen molar-refractivity contribution in [1.82, 2.24) is 9.78 Å². The first-order chi connectivity index (χ1) is 13.3. The van der Waals surface area contributed by atoms with Gasteiger partial charge < -0.3 is 5.11 Å². The number of sulfonamides is 1. The van der Waals surface area contributed by atoms with Crippen molar-refractivity contribution in [3.05, 3.63) is 71.0 Å². The standard InChI is InChI=1S/C20H19N3O4S/c1-13-8-9-21-23(13)17-6-3-5-16(12-17)22-28(26,27)19-11-15(20(24)25)10-14-4-2-7-18(14)19/h3,5-6,8-12,22H,2,4,7H2,1H3,(H,24,25). The molecule has 0 aliphatic heterocycles. The number of fused-ring (bicyclic) bond motifs is 1. The topological polar surface area (TPSA) is 101 Å². The third-order valence-electron chi connectivity index (χ3n) is 4.89. The Morgan fingerprint density at radius 3 is 2.71 bits per heavy atom. The smallest absolute Gasteiger partial charge is 0.335 e. The van der Waals surface area contributed by atoms with E-state index in [1.807, 2.05) is 19.1 Å². The molecule has 1 aliphatic carbocycles. The normalized spacial score (nSPS) is 13.3. The highest BCUT2D eigenvalue weighted by Crippen LogP contribution is 2.31. The lowest BCUT2D eigenvalue weighted by Gasteiger charge is -2.14.